The molecule has 0 aliphatic carbocycles. The van der Waals surface area contributed by atoms with Crippen LogP contribution in [0.2, 0.25) is 0 Å². The third-order valence-corrected chi connectivity index (χ3v) is 7.18. The molecule has 2 aromatic rings. The average Bonchev–Trinajstić information content (AvgIpc) is 3.02. The largest absolute Gasteiger partial charge is 0.465 e. The van der Waals surface area contributed by atoms with E-state index in [0.717, 1.165) is 50.0 Å². The second-order valence-electron chi connectivity index (χ2n) is 8.21. The zero-order valence-corrected chi connectivity index (χ0v) is 15.5. The van der Waals surface area contributed by atoms with Crippen molar-refractivity contribution in [2.75, 3.05) is 20.2 Å². The van der Waals surface area contributed by atoms with Crippen LogP contribution in [0.5, 0.6) is 0 Å². The van der Waals surface area contributed by atoms with E-state index in [2.05, 4.69) is 17.9 Å². The number of hydrogen-bond acceptors (Lipinski definition) is 4. The number of carbonyl (C=O) groups excluding carboxylic acids is 1. The first-order chi connectivity index (χ1) is 12.6. The third kappa shape index (κ3) is 1.80. The minimum atomic E-state index is -1.63. The molecule has 138 valence electrons. The molecule has 26 heavy (non-hydrogen) atoms. The van der Waals surface area contributed by atoms with Crippen LogP contribution in [0.15, 0.2) is 24.3 Å². The topological polar surface area (TPSA) is 54.7 Å². The molecule has 1 aromatic heterocycles. The van der Waals surface area contributed by atoms with Gasteiger partial charge in [-0.3, -0.25) is 4.90 Å². The van der Waals surface area contributed by atoms with Crippen molar-refractivity contribution < 1.29 is 14.6 Å². The summed E-state index contributed by atoms with van der Waals surface area (Å²) in [5.74, 6) is -0.546. The van der Waals surface area contributed by atoms with Crippen LogP contribution in [0.4, 0.5) is 0 Å². The molecule has 0 unspecified atom stereocenters. The van der Waals surface area contributed by atoms with Gasteiger partial charge in [0.1, 0.15) is 0 Å². The zero-order valence-electron chi connectivity index (χ0n) is 15.5. The van der Waals surface area contributed by atoms with E-state index < -0.39 is 11.7 Å². The van der Waals surface area contributed by atoms with E-state index in [0.29, 0.717) is 6.42 Å². The van der Waals surface area contributed by atoms with Crippen LogP contribution >= 0.6 is 0 Å². The van der Waals surface area contributed by atoms with Gasteiger partial charge in [0.25, 0.3) is 0 Å². The Morgan fingerprint density at radius 1 is 1.35 bits per heavy atom. The average molecular weight is 354 g/mol. The number of piperidine rings is 1. The molecule has 5 nitrogen and oxygen atoms in total. The fraction of sp³-hybridized carbons (Fsp3) is 0.571. The van der Waals surface area contributed by atoms with Crippen LogP contribution in [0.1, 0.15) is 49.9 Å². The Balaban J connectivity index is 1.89. The van der Waals surface area contributed by atoms with Crippen molar-refractivity contribution in [1.29, 1.82) is 0 Å². The van der Waals surface area contributed by atoms with E-state index in [4.69, 9.17) is 4.74 Å². The van der Waals surface area contributed by atoms with Gasteiger partial charge in [0.2, 0.25) is 5.72 Å². The molecule has 1 saturated heterocycles. The SMILES string of the molecule is CC[C@@]12CCCN3CCc4c(n(c5ccccc45)[C@@](O)(C(=O)OC)C1)[C@@H]32. The van der Waals surface area contributed by atoms with Crippen molar-refractivity contribution in [3.8, 4) is 0 Å². The Labute approximate surface area is 153 Å². The minimum Gasteiger partial charge on any atom is -0.465 e. The lowest BCUT2D eigenvalue weighted by Gasteiger charge is -2.57. The number of benzene rings is 1. The second kappa shape index (κ2) is 5.33. The van der Waals surface area contributed by atoms with Crippen molar-refractivity contribution in [2.45, 2.75) is 50.8 Å². The molecule has 1 aromatic carbocycles. The second-order valence-corrected chi connectivity index (χ2v) is 8.21. The fourth-order valence-corrected chi connectivity index (χ4v) is 6.10. The molecule has 3 atom stereocenters. The normalized spacial score (nSPS) is 33.1. The highest BCUT2D eigenvalue weighted by Gasteiger charge is 2.60. The number of carbonyl (C=O) groups is 1. The first-order valence-electron chi connectivity index (χ1n) is 9.73. The van der Waals surface area contributed by atoms with Gasteiger partial charge in [0.05, 0.1) is 18.7 Å². The molecule has 0 saturated carbocycles. The van der Waals surface area contributed by atoms with E-state index in [1.165, 1.54) is 18.1 Å². The van der Waals surface area contributed by atoms with E-state index in [-0.39, 0.29) is 11.5 Å². The monoisotopic (exact) mass is 354 g/mol. The summed E-state index contributed by atoms with van der Waals surface area (Å²) < 4.78 is 7.01. The zero-order chi connectivity index (χ0) is 18.1. The molecule has 0 bridgehead atoms. The summed E-state index contributed by atoms with van der Waals surface area (Å²) in [6.45, 7) is 4.36. The van der Waals surface area contributed by atoms with Gasteiger partial charge < -0.3 is 14.4 Å². The molecule has 0 spiro atoms. The van der Waals surface area contributed by atoms with E-state index in [1.807, 2.05) is 22.8 Å². The maximum Gasteiger partial charge on any atom is 0.359 e. The standard InChI is InChI=1S/C21H26N2O3/c1-3-20-10-6-11-22-12-9-15-14-7-4-5-8-16(14)23(17(15)18(20)22)21(25,13-20)19(24)26-2/h4-5,7-8,18,25H,3,6,9-13H2,1-2H3/t18-,20-,21+/m1/s1. The number of fused-ring (bicyclic) bond motifs is 3. The molecular weight excluding hydrogens is 328 g/mol. The first-order valence-corrected chi connectivity index (χ1v) is 9.73. The summed E-state index contributed by atoms with van der Waals surface area (Å²) in [4.78, 5) is 15.4. The van der Waals surface area contributed by atoms with Gasteiger partial charge in [0.15, 0.2) is 0 Å². The molecule has 3 aliphatic heterocycles. The number of esters is 1. The highest BCUT2D eigenvalue weighted by atomic mass is 16.5. The molecule has 0 amide bonds. The van der Waals surface area contributed by atoms with Gasteiger partial charge in [-0.1, -0.05) is 25.1 Å². The van der Waals surface area contributed by atoms with E-state index >= 15 is 0 Å². The number of ether oxygens (including phenoxy) is 1. The maximum atomic E-state index is 12.8. The number of nitrogens with zero attached hydrogens (tertiary/aromatic N) is 2. The molecule has 0 radical (unpaired) electrons. The van der Waals surface area contributed by atoms with Crippen LogP contribution in [0.3, 0.4) is 0 Å². The summed E-state index contributed by atoms with van der Waals surface area (Å²) in [5.41, 5.74) is 1.69. The quantitative estimate of drug-likeness (QED) is 0.843. The molecule has 4 heterocycles. The van der Waals surface area contributed by atoms with Crippen LogP contribution in [-0.2, 0) is 21.7 Å². The van der Waals surface area contributed by atoms with Crippen LogP contribution in [0, 0.1) is 5.41 Å². The Morgan fingerprint density at radius 3 is 2.92 bits per heavy atom. The van der Waals surface area contributed by atoms with Gasteiger partial charge in [-0.25, -0.2) is 4.79 Å². The number of aliphatic hydroxyl groups is 1. The maximum absolute atomic E-state index is 12.8. The summed E-state index contributed by atoms with van der Waals surface area (Å²) in [5, 5.41) is 12.9. The van der Waals surface area contributed by atoms with Crippen molar-refractivity contribution in [3.63, 3.8) is 0 Å². The van der Waals surface area contributed by atoms with Crippen LogP contribution < -0.4 is 0 Å². The Morgan fingerprint density at radius 2 is 2.15 bits per heavy atom. The minimum absolute atomic E-state index is 0.0826. The highest BCUT2D eigenvalue weighted by Crippen LogP contribution is 2.60. The molecule has 5 heteroatoms. The van der Waals surface area contributed by atoms with Gasteiger partial charge in [-0.2, -0.15) is 0 Å². The first kappa shape index (κ1) is 16.3. The Kier molecular flexibility index (Phi) is 3.35. The van der Waals surface area contributed by atoms with Crippen molar-refractivity contribution >= 4 is 16.9 Å². The summed E-state index contributed by atoms with van der Waals surface area (Å²) in [7, 11) is 1.37. The number of methoxy groups -OCH3 is 1. The van der Waals surface area contributed by atoms with Gasteiger partial charge in [-0.05, 0) is 49.3 Å². The summed E-state index contributed by atoms with van der Waals surface area (Å²) in [6.07, 6.45) is 4.52. The predicted molar refractivity (Wildman–Crippen MR) is 98.7 cm³/mol. The molecule has 1 N–H and O–H groups in total. The number of rotatable bonds is 2. The molecular formula is C21H26N2O3. The molecule has 1 fully saturated rings. The molecule has 3 aliphatic rings. The predicted octanol–water partition coefficient (Wildman–Crippen LogP) is 2.95. The number of para-hydroxylation sites is 1. The van der Waals surface area contributed by atoms with Gasteiger partial charge >= 0.3 is 5.97 Å². The number of aromatic nitrogens is 1. The Bertz CT molecular complexity index is 904. The Hall–Kier alpha value is -1.85. The number of hydrogen-bond donors (Lipinski definition) is 1. The van der Waals surface area contributed by atoms with E-state index in [1.54, 1.807) is 0 Å². The van der Waals surface area contributed by atoms with Crippen molar-refractivity contribution in [2.24, 2.45) is 5.41 Å². The van der Waals surface area contributed by atoms with Crippen molar-refractivity contribution in [1.82, 2.24) is 9.47 Å². The van der Waals surface area contributed by atoms with Gasteiger partial charge in [-0.15, -0.1) is 0 Å². The third-order valence-electron chi connectivity index (χ3n) is 7.18. The van der Waals surface area contributed by atoms with Crippen LogP contribution in [0.25, 0.3) is 10.9 Å². The summed E-state index contributed by atoms with van der Waals surface area (Å²) >= 11 is 0. The highest BCUT2D eigenvalue weighted by molar-refractivity contribution is 5.90. The smallest absolute Gasteiger partial charge is 0.359 e. The summed E-state index contributed by atoms with van der Waals surface area (Å²) in [6, 6.07) is 8.45. The lowest BCUT2D eigenvalue weighted by atomic mass is 9.62. The lowest BCUT2D eigenvalue weighted by Crippen LogP contribution is -2.60. The molecule has 5 rings (SSSR count). The van der Waals surface area contributed by atoms with Crippen LogP contribution in [-0.4, -0.2) is 40.7 Å². The van der Waals surface area contributed by atoms with Crippen molar-refractivity contribution in [3.05, 3.63) is 35.5 Å². The van der Waals surface area contributed by atoms with Gasteiger partial charge in [0, 0.05) is 24.0 Å². The van der Waals surface area contributed by atoms with E-state index in [9.17, 15) is 9.90 Å². The lowest BCUT2D eigenvalue weighted by molar-refractivity contribution is -0.194. The fourth-order valence-electron chi connectivity index (χ4n) is 6.10.